The molecule has 0 heterocycles. The molecule has 0 aliphatic rings. The Morgan fingerprint density at radius 1 is 0.658 bits per heavy atom. The third-order valence-electron chi connectivity index (χ3n) is 6.20. The van der Waals surface area contributed by atoms with Gasteiger partial charge in [0.15, 0.2) is 0 Å². The number of carbonyl (C=O) groups excluding carboxylic acids is 1. The molecule has 4 nitrogen and oxygen atoms in total. The van der Waals surface area contributed by atoms with E-state index in [1.165, 1.54) is 38.5 Å². The molecule has 2 atom stereocenters. The largest absolute Gasteiger partial charge is 0.394 e. The van der Waals surface area contributed by atoms with Crippen molar-refractivity contribution in [1.82, 2.24) is 5.32 Å². The van der Waals surface area contributed by atoms with Crippen molar-refractivity contribution in [3.8, 4) is 0 Å². The highest BCUT2D eigenvalue weighted by molar-refractivity contribution is 5.76. The second-order valence-corrected chi connectivity index (χ2v) is 9.79. The van der Waals surface area contributed by atoms with Gasteiger partial charge in [-0.2, -0.15) is 0 Å². The summed E-state index contributed by atoms with van der Waals surface area (Å²) in [5, 5.41) is 22.6. The molecule has 0 aliphatic carbocycles. The predicted molar refractivity (Wildman–Crippen MR) is 165 cm³/mol. The minimum absolute atomic E-state index is 0.129. The van der Waals surface area contributed by atoms with E-state index in [1.54, 1.807) is 6.08 Å². The van der Waals surface area contributed by atoms with Crippen LogP contribution in [0.15, 0.2) is 72.9 Å². The van der Waals surface area contributed by atoms with E-state index in [-0.39, 0.29) is 12.5 Å². The summed E-state index contributed by atoms with van der Waals surface area (Å²) in [4.78, 5) is 12.2. The zero-order valence-electron chi connectivity index (χ0n) is 24.4. The van der Waals surface area contributed by atoms with Gasteiger partial charge in [0, 0.05) is 6.42 Å². The molecular weight excluding hydrogens is 470 g/mol. The fourth-order valence-corrected chi connectivity index (χ4v) is 3.86. The monoisotopic (exact) mass is 527 g/mol. The summed E-state index contributed by atoms with van der Waals surface area (Å²) in [5.41, 5.74) is 0. The third kappa shape index (κ3) is 25.5. The smallest absolute Gasteiger partial charge is 0.220 e. The molecular formula is C34H57NO3. The SMILES string of the molecule is CC/C=C\C/C=C\C/C=C\C/C=C\C/C=C\CCCC(=O)NC(CO)C(O)/C=C/CCCCCCCCC. The molecule has 4 heteroatoms. The maximum absolute atomic E-state index is 12.2. The molecule has 0 rings (SSSR count). The van der Waals surface area contributed by atoms with Gasteiger partial charge >= 0.3 is 0 Å². The number of aliphatic hydroxyl groups excluding tert-OH is 2. The van der Waals surface area contributed by atoms with E-state index < -0.39 is 12.1 Å². The van der Waals surface area contributed by atoms with Gasteiger partial charge in [-0.25, -0.2) is 0 Å². The Hall–Kier alpha value is -2.17. The second kappa shape index (κ2) is 29.4. The zero-order chi connectivity index (χ0) is 27.9. The summed E-state index contributed by atoms with van der Waals surface area (Å²) < 4.78 is 0. The molecule has 0 aliphatic heterocycles. The maximum atomic E-state index is 12.2. The molecule has 38 heavy (non-hydrogen) atoms. The molecule has 0 saturated carbocycles. The van der Waals surface area contributed by atoms with Crippen LogP contribution in [0.5, 0.6) is 0 Å². The molecule has 216 valence electrons. The summed E-state index contributed by atoms with van der Waals surface area (Å²) in [6, 6.07) is -0.651. The highest BCUT2D eigenvalue weighted by atomic mass is 16.3. The molecule has 0 bridgehead atoms. The van der Waals surface area contributed by atoms with Crippen molar-refractivity contribution in [3.63, 3.8) is 0 Å². The number of nitrogens with one attached hydrogen (secondary N) is 1. The molecule has 0 aromatic carbocycles. The Bertz CT molecular complexity index is 703. The maximum Gasteiger partial charge on any atom is 0.220 e. The fourth-order valence-electron chi connectivity index (χ4n) is 3.86. The van der Waals surface area contributed by atoms with Crippen molar-refractivity contribution < 1.29 is 15.0 Å². The highest BCUT2D eigenvalue weighted by Crippen LogP contribution is 2.09. The standard InChI is InChI=1S/C34H57NO3/c1-3-5-7-9-11-13-14-15-16-17-18-19-20-22-24-26-28-30-34(38)35-32(31-36)33(37)29-27-25-23-21-12-10-8-6-4-2/h5,7,11,13,15-16,18-19,22,24,27,29,32-33,36-37H,3-4,6,8-10,12,14,17,20-21,23,25-26,28,30-31H2,1-2H3,(H,35,38)/b7-5-,13-11-,16-15-,19-18-,24-22-,29-27+. The van der Waals surface area contributed by atoms with Crippen molar-refractivity contribution in [2.45, 2.75) is 129 Å². The number of carbonyl (C=O) groups is 1. The molecule has 0 aromatic rings. The second-order valence-electron chi connectivity index (χ2n) is 9.79. The summed E-state index contributed by atoms with van der Waals surface area (Å²) in [6.07, 6.45) is 41.2. The predicted octanol–water partition coefficient (Wildman–Crippen LogP) is 8.44. The topological polar surface area (TPSA) is 69.6 Å². The molecule has 3 N–H and O–H groups in total. The van der Waals surface area contributed by atoms with Crippen LogP contribution in [0.3, 0.4) is 0 Å². The average molecular weight is 528 g/mol. The van der Waals surface area contributed by atoms with Gasteiger partial charge in [-0.05, 0) is 57.8 Å². The lowest BCUT2D eigenvalue weighted by Gasteiger charge is -2.19. The van der Waals surface area contributed by atoms with Crippen LogP contribution < -0.4 is 5.32 Å². The van der Waals surface area contributed by atoms with E-state index in [0.29, 0.717) is 6.42 Å². The van der Waals surface area contributed by atoms with E-state index in [4.69, 9.17) is 0 Å². The van der Waals surface area contributed by atoms with Crippen molar-refractivity contribution in [3.05, 3.63) is 72.9 Å². The lowest BCUT2D eigenvalue weighted by molar-refractivity contribution is -0.122. The first-order chi connectivity index (χ1) is 18.7. The Balaban J connectivity index is 3.86. The van der Waals surface area contributed by atoms with Crippen LogP contribution in [0.2, 0.25) is 0 Å². The van der Waals surface area contributed by atoms with Gasteiger partial charge in [0.25, 0.3) is 0 Å². The molecule has 0 aromatic heterocycles. The Morgan fingerprint density at radius 3 is 1.71 bits per heavy atom. The summed E-state index contributed by atoms with van der Waals surface area (Å²) in [5.74, 6) is -0.129. The first kappa shape index (κ1) is 35.8. The summed E-state index contributed by atoms with van der Waals surface area (Å²) >= 11 is 0. The number of hydrogen-bond donors (Lipinski definition) is 3. The number of unbranched alkanes of at least 4 members (excludes halogenated alkanes) is 8. The van der Waals surface area contributed by atoms with Gasteiger partial charge in [0.2, 0.25) is 5.91 Å². The van der Waals surface area contributed by atoms with E-state index in [0.717, 1.165) is 57.8 Å². The number of rotatable bonds is 25. The lowest BCUT2D eigenvalue weighted by Crippen LogP contribution is -2.45. The van der Waals surface area contributed by atoms with Crippen molar-refractivity contribution >= 4 is 5.91 Å². The van der Waals surface area contributed by atoms with Crippen LogP contribution in [0.1, 0.15) is 117 Å². The summed E-state index contributed by atoms with van der Waals surface area (Å²) in [7, 11) is 0. The Kier molecular flexibility index (Phi) is 27.7. The summed E-state index contributed by atoms with van der Waals surface area (Å²) in [6.45, 7) is 4.10. The quantitative estimate of drug-likeness (QED) is 0.0824. The van der Waals surface area contributed by atoms with Gasteiger partial charge in [0.1, 0.15) is 0 Å². The van der Waals surface area contributed by atoms with E-state index in [2.05, 4.69) is 79.9 Å². The first-order valence-electron chi connectivity index (χ1n) is 15.2. The third-order valence-corrected chi connectivity index (χ3v) is 6.20. The number of allylic oxidation sites excluding steroid dienone is 11. The Labute approximate surface area is 234 Å². The van der Waals surface area contributed by atoms with Crippen molar-refractivity contribution in [2.75, 3.05) is 6.61 Å². The Morgan fingerprint density at radius 2 is 1.16 bits per heavy atom. The molecule has 0 radical (unpaired) electrons. The fraction of sp³-hybridized carbons (Fsp3) is 0.618. The van der Waals surface area contributed by atoms with Crippen LogP contribution in [-0.4, -0.2) is 34.9 Å². The van der Waals surface area contributed by atoms with E-state index in [1.807, 2.05) is 6.08 Å². The van der Waals surface area contributed by atoms with Crippen molar-refractivity contribution in [2.24, 2.45) is 0 Å². The number of amides is 1. The van der Waals surface area contributed by atoms with Gasteiger partial charge in [-0.1, -0.05) is 125 Å². The van der Waals surface area contributed by atoms with Gasteiger partial charge in [-0.3, -0.25) is 4.79 Å². The van der Waals surface area contributed by atoms with Gasteiger partial charge in [-0.15, -0.1) is 0 Å². The van der Waals surface area contributed by atoms with Crippen LogP contribution in [-0.2, 0) is 4.79 Å². The zero-order valence-corrected chi connectivity index (χ0v) is 24.4. The minimum atomic E-state index is -0.862. The average Bonchev–Trinajstić information content (AvgIpc) is 2.92. The number of aliphatic hydroxyl groups is 2. The van der Waals surface area contributed by atoms with Crippen LogP contribution >= 0.6 is 0 Å². The van der Waals surface area contributed by atoms with Crippen LogP contribution in [0, 0.1) is 0 Å². The van der Waals surface area contributed by atoms with Crippen molar-refractivity contribution in [1.29, 1.82) is 0 Å². The van der Waals surface area contributed by atoms with E-state index in [9.17, 15) is 15.0 Å². The highest BCUT2D eigenvalue weighted by Gasteiger charge is 2.17. The van der Waals surface area contributed by atoms with Gasteiger partial charge < -0.3 is 15.5 Å². The normalized spacial score (nSPS) is 14.3. The molecule has 0 saturated heterocycles. The van der Waals surface area contributed by atoms with Crippen LogP contribution in [0.4, 0.5) is 0 Å². The number of hydrogen-bond acceptors (Lipinski definition) is 3. The molecule has 0 fully saturated rings. The van der Waals surface area contributed by atoms with Gasteiger partial charge in [0.05, 0.1) is 18.8 Å². The molecule has 1 amide bonds. The lowest BCUT2D eigenvalue weighted by atomic mass is 10.1. The van der Waals surface area contributed by atoms with E-state index >= 15 is 0 Å². The molecule has 0 spiro atoms. The molecule has 2 unspecified atom stereocenters. The van der Waals surface area contributed by atoms with Crippen LogP contribution in [0.25, 0.3) is 0 Å². The first-order valence-corrected chi connectivity index (χ1v) is 15.2. The minimum Gasteiger partial charge on any atom is -0.394 e.